The molecule has 5 nitrogen and oxygen atoms in total. The van der Waals surface area contributed by atoms with Gasteiger partial charge in [0.25, 0.3) is 5.56 Å². The highest BCUT2D eigenvalue weighted by Gasteiger charge is 2.32. The van der Waals surface area contributed by atoms with Crippen molar-refractivity contribution in [1.82, 2.24) is 9.55 Å². The lowest BCUT2D eigenvalue weighted by molar-refractivity contribution is 0.365. The molecular weight excluding hydrogens is 298 g/mol. The first-order valence-electron chi connectivity index (χ1n) is 7.25. The van der Waals surface area contributed by atoms with Crippen LogP contribution in [0.2, 0.25) is 0 Å². The van der Waals surface area contributed by atoms with Gasteiger partial charge in [-0.2, -0.15) is 0 Å². The first-order chi connectivity index (χ1) is 11.2. The van der Waals surface area contributed by atoms with Crippen LogP contribution in [0.3, 0.4) is 0 Å². The van der Waals surface area contributed by atoms with Gasteiger partial charge in [0.1, 0.15) is 11.5 Å². The van der Waals surface area contributed by atoms with Gasteiger partial charge in [-0.05, 0) is 30.3 Å². The zero-order chi connectivity index (χ0) is 15.8. The van der Waals surface area contributed by atoms with Crippen molar-refractivity contribution in [2.45, 2.75) is 0 Å². The molecule has 0 bridgehead atoms. The number of benzene rings is 2. The fourth-order valence-electron chi connectivity index (χ4n) is 2.67. The normalized spacial score (nSPS) is 14.6. The van der Waals surface area contributed by atoms with Crippen molar-refractivity contribution in [2.75, 3.05) is 13.2 Å². The Balaban J connectivity index is 2.05. The summed E-state index contributed by atoms with van der Waals surface area (Å²) in [6, 6.07) is 13.0. The highest BCUT2D eigenvalue weighted by Crippen LogP contribution is 2.12. The lowest BCUT2D eigenvalue weighted by Gasteiger charge is -2.14. The highest BCUT2D eigenvalue weighted by atomic mass is 19.1. The van der Waals surface area contributed by atoms with E-state index >= 15 is 0 Å². The number of halogens is 1. The van der Waals surface area contributed by atoms with Gasteiger partial charge < -0.3 is 9.31 Å². The van der Waals surface area contributed by atoms with E-state index in [9.17, 15) is 9.18 Å². The summed E-state index contributed by atoms with van der Waals surface area (Å²) in [4.78, 5) is 17.4. The monoisotopic (exact) mass is 310 g/mol. The van der Waals surface area contributed by atoms with Gasteiger partial charge >= 0.3 is 7.12 Å². The molecule has 0 spiro atoms. The summed E-state index contributed by atoms with van der Waals surface area (Å²) >= 11 is 0. The maximum atomic E-state index is 13.5. The van der Waals surface area contributed by atoms with Crippen LogP contribution in [0.15, 0.2) is 53.3 Å². The Morgan fingerprint density at radius 3 is 2.57 bits per heavy atom. The first-order valence-corrected chi connectivity index (χ1v) is 7.25. The third-order valence-corrected chi connectivity index (χ3v) is 3.70. The van der Waals surface area contributed by atoms with Crippen molar-refractivity contribution in [3.05, 3.63) is 64.7 Å². The van der Waals surface area contributed by atoms with Gasteiger partial charge in [0.15, 0.2) is 0 Å². The molecule has 0 saturated carbocycles. The number of hydrogen-bond donors (Lipinski definition) is 0. The van der Waals surface area contributed by atoms with Gasteiger partial charge in [-0.1, -0.05) is 18.2 Å². The Morgan fingerprint density at radius 2 is 1.83 bits per heavy atom. The van der Waals surface area contributed by atoms with Gasteiger partial charge in [0, 0.05) is 5.69 Å². The van der Waals surface area contributed by atoms with Gasteiger partial charge in [0.2, 0.25) is 0 Å². The molecule has 1 saturated heterocycles. The second-order valence-electron chi connectivity index (χ2n) is 5.18. The molecule has 1 aliphatic heterocycles. The quantitative estimate of drug-likeness (QED) is 0.669. The van der Waals surface area contributed by atoms with Crippen LogP contribution in [0.5, 0.6) is 0 Å². The zero-order valence-corrected chi connectivity index (χ0v) is 12.1. The molecule has 1 aromatic heterocycles. The molecule has 0 N–H and O–H groups in total. The van der Waals surface area contributed by atoms with Crippen LogP contribution in [-0.2, 0) is 9.31 Å². The van der Waals surface area contributed by atoms with Crippen LogP contribution >= 0.6 is 0 Å². The average Bonchev–Trinajstić information content (AvgIpc) is 3.10. The van der Waals surface area contributed by atoms with Crippen LogP contribution in [0.4, 0.5) is 4.39 Å². The van der Waals surface area contributed by atoms with Crippen molar-refractivity contribution in [2.24, 2.45) is 0 Å². The van der Waals surface area contributed by atoms with E-state index in [0.29, 0.717) is 30.1 Å². The SMILES string of the molecule is O=c1c2cc(F)ccc2nc(B2OCCO2)n1-c1ccccc1. The average molecular weight is 310 g/mol. The topological polar surface area (TPSA) is 53.4 Å². The summed E-state index contributed by atoms with van der Waals surface area (Å²) in [6.07, 6.45) is 0. The Labute approximate surface area is 131 Å². The number of aromatic nitrogens is 2. The maximum absolute atomic E-state index is 13.5. The molecule has 1 fully saturated rings. The molecule has 2 aromatic carbocycles. The lowest BCUT2D eigenvalue weighted by atomic mass is 9.88. The summed E-state index contributed by atoms with van der Waals surface area (Å²) in [5, 5.41) is 0.218. The van der Waals surface area contributed by atoms with Crippen molar-refractivity contribution >= 4 is 23.7 Å². The lowest BCUT2D eigenvalue weighted by Crippen LogP contribution is -2.46. The predicted molar refractivity (Wildman–Crippen MR) is 84.6 cm³/mol. The highest BCUT2D eigenvalue weighted by molar-refractivity contribution is 6.60. The minimum Gasteiger partial charge on any atom is -0.403 e. The second-order valence-corrected chi connectivity index (χ2v) is 5.18. The number of para-hydroxylation sites is 1. The third-order valence-electron chi connectivity index (χ3n) is 3.70. The minimum absolute atomic E-state index is 0.218. The molecule has 114 valence electrons. The van der Waals surface area contributed by atoms with E-state index in [-0.39, 0.29) is 10.9 Å². The van der Waals surface area contributed by atoms with Gasteiger partial charge in [0.05, 0.1) is 24.1 Å². The number of fused-ring (bicyclic) bond motifs is 1. The summed E-state index contributed by atoms with van der Waals surface area (Å²) in [7, 11) is -0.711. The Hall–Kier alpha value is -2.51. The molecule has 4 rings (SSSR count). The van der Waals surface area contributed by atoms with Gasteiger partial charge in [-0.25, -0.2) is 9.37 Å². The fourth-order valence-corrected chi connectivity index (χ4v) is 2.67. The Bertz CT molecular complexity index is 924. The Morgan fingerprint density at radius 1 is 1.09 bits per heavy atom. The smallest absolute Gasteiger partial charge is 0.403 e. The Kier molecular flexibility index (Phi) is 3.44. The van der Waals surface area contributed by atoms with Crippen molar-refractivity contribution in [1.29, 1.82) is 0 Å². The summed E-state index contributed by atoms with van der Waals surface area (Å²) in [5.74, 6) is -0.475. The van der Waals surface area contributed by atoms with Crippen molar-refractivity contribution in [3.8, 4) is 5.69 Å². The molecular formula is C16H12BFN2O3. The molecule has 3 aromatic rings. The molecule has 0 amide bonds. The fraction of sp³-hybridized carbons (Fsp3) is 0.125. The van der Waals surface area contributed by atoms with Crippen molar-refractivity contribution in [3.63, 3.8) is 0 Å². The number of nitrogens with zero attached hydrogens (tertiary/aromatic N) is 2. The third kappa shape index (κ3) is 2.44. The second kappa shape index (κ2) is 5.60. The first kappa shape index (κ1) is 14.1. The van der Waals surface area contributed by atoms with Crippen LogP contribution in [-0.4, -0.2) is 29.9 Å². The molecule has 1 aliphatic rings. The van der Waals surface area contributed by atoms with E-state index in [1.54, 1.807) is 12.1 Å². The zero-order valence-electron chi connectivity index (χ0n) is 12.1. The molecule has 0 atom stereocenters. The van der Waals surface area contributed by atoms with E-state index in [1.807, 2.05) is 18.2 Å². The number of hydrogen-bond acceptors (Lipinski definition) is 4. The van der Waals surface area contributed by atoms with Crippen molar-refractivity contribution < 1.29 is 13.7 Å². The molecule has 0 unspecified atom stereocenters. The molecule has 23 heavy (non-hydrogen) atoms. The van der Waals surface area contributed by atoms with Crippen LogP contribution in [0.25, 0.3) is 16.6 Å². The molecule has 7 heteroatoms. The van der Waals surface area contributed by atoms with Crippen LogP contribution < -0.4 is 11.3 Å². The van der Waals surface area contributed by atoms with Crippen LogP contribution in [0.1, 0.15) is 0 Å². The maximum Gasteiger partial charge on any atom is 0.532 e. The van der Waals surface area contributed by atoms with E-state index in [4.69, 9.17) is 9.31 Å². The predicted octanol–water partition coefficient (Wildman–Crippen LogP) is 1.27. The van der Waals surface area contributed by atoms with Crippen LogP contribution in [0, 0.1) is 5.82 Å². The summed E-state index contributed by atoms with van der Waals surface area (Å²) in [6.45, 7) is 0.883. The summed E-state index contributed by atoms with van der Waals surface area (Å²) < 4.78 is 26.0. The largest absolute Gasteiger partial charge is 0.532 e. The minimum atomic E-state index is -0.711. The van der Waals surface area contributed by atoms with E-state index in [2.05, 4.69) is 4.98 Å². The van der Waals surface area contributed by atoms with E-state index < -0.39 is 12.9 Å². The van der Waals surface area contributed by atoms with Gasteiger partial charge in [-0.15, -0.1) is 0 Å². The molecule has 0 radical (unpaired) electrons. The van der Waals surface area contributed by atoms with Gasteiger partial charge in [-0.3, -0.25) is 9.36 Å². The molecule has 0 aliphatic carbocycles. The van der Waals surface area contributed by atoms with E-state index in [1.165, 1.54) is 22.8 Å². The van der Waals surface area contributed by atoms with E-state index in [0.717, 1.165) is 0 Å². The standard InChI is InChI=1S/C16H12BFN2O3/c18-11-6-7-14-13(10-11)15(21)20(12-4-2-1-3-5-12)16(19-14)17-22-8-9-23-17/h1-7,10H,8-9H2. The molecule has 2 heterocycles. The summed E-state index contributed by atoms with van der Waals surface area (Å²) in [5.41, 5.74) is 1.05. The number of rotatable bonds is 2.